The van der Waals surface area contributed by atoms with Crippen LogP contribution in [0.15, 0.2) is 116 Å². The van der Waals surface area contributed by atoms with Crippen LogP contribution in [-0.4, -0.2) is 14.2 Å². The van der Waals surface area contributed by atoms with Gasteiger partial charge in [-0.1, -0.05) is 80.3 Å². The molecule has 0 atom stereocenters. The van der Waals surface area contributed by atoms with Crippen molar-refractivity contribution in [3.8, 4) is 0 Å². The molecule has 0 saturated heterocycles. The van der Waals surface area contributed by atoms with Crippen LogP contribution in [0.25, 0.3) is 0 Å². The number of nitrogens with zero attached hydrogens (tertiary/aromatic N) is 4. The molecule has 1 radical (unpaired) electrons. The Morgan fingerprint density at radius 1 is 0.596 bits per heavy atom. The summed E-state index contributed by atoms with van der Waals surface area (Å²) < 4.78 is 29.0. The molecule has 253 valence electrons. The van der Waals surface area contributed by atoms with Crippen molar-refractivity contribution in [3.63, 3.8) is 0 Å². The molecular formula is C37H42BF4IrN4-3. The van der Waals surface area contributed by atoms with Crippen molar-refractivity contribution < 1.29 is 37.8 Å². The van der Waals surface area contributed by atoms with Crippen molar-refractivity contribution >= 4 is 30.3 Å². The van der Waals surface area contributed by atoms with E-state index in [-0.39, 0.29) is 24.8 Å². The Morgan fingerprint density at radius 3 is 1.34 bits per heavy atom. The summed E-state index contributed by atoms with van der Waals surface area (Å²) in [5, 5.41) is 0. The van der Waals surface area contributed by atoms with Crippen LogP contribution in [-0.2, 0) is 20.1 Å². The second kappa shape index (κ2) is 21.0. The van der Waals surface area contributed by atoms with Crippen molar-refractivity contribution in [1.82, 2.24) is 0 Å². The topological polar surface area (TPSA) is 13.0 Å². The number of aryl methyl sites for hydroxylation is 4. The van der Waals surface area contributed by atoms with Crippen molar-refractivity contribution in [2.75, 3.05) is 26.3 Å². The molecule has 0 N–H and O–H groups in total. The largest absolute Gasteiger partial charge is 1.00 e. The summed E-state index contributed by atoms with van der Waals surface area (Å²) in [6.07, 6.45) is 9.61. The molecule has 0 unspecified atom stereocenters. The van der Waals surface area contributed by atoms with Gasteiger partial charge in [0.05, 0.1) is 6.67 Å². The minimum atomic E-state index is -3.67. The zero-order chi connectivity index (χ0) is 32.8. The summed E-state index contributed by atoms with van der Waals surface area (Å²) in [6, 6.07) is 35.2. The number of anilines is 4. The maximum Gasteiger partial charge on any atom is 0.762 e. The monoisotopic (exact) mass is 822 g/mol. The fourth-order valence-corrected chi connectivity index (χ4v) is 4.25. The first-order chi connectivity index (χ1) is 21.6. The van der Waals surface area contributed by atoms with E-state index >= 15 is 0 Å². The van der Waals surface area contributed by atoms with E-state index in [1.54, 1.807) is 0 Å². The summed E-state index contributed by atoms with van der Waals surface area (Å²) in [5.74, 6) is 0. The molecule has 0 bridgehead atoms. The van der Waals surface area contributed by atoms with Crippen molar-refractivity contribution in [2.45, 2.75) is 48.0 Å². The fourth-order valence-electron chi connectivity index (χ4n) is 4.25. The minimum absolute atomic E-state index is 0. The minimum Gasteiger partial charge on any atom is -1.00 e. The van der Waals surface area contributed by atoms with Crippen LogP contribution in [0, 0.1) is 40.4 Å². The molecule has 4 aromatic rings. The Balaban J connectivity index is 0.000000380. The Kier molecular flexibility index (Phi) is 18.3. The zero-order valence-corrected chi connectivity index (χ0v) is 30.1. The second-order valence-electron chi connectivity index (χ2n) is 10.8. The molecule has 0 aliphatic carbocycles. The molecule has 0 amide bonds. The average Bonchev–Trinajstić information content (AvgIpc) is 3.71. The van der Waals surface area contributed by atoms with Crippen LogP contribution in [0.3, 0.4) is 0 Å². The van der Waals surface area contributed by atoms with Crippen molar-refractivity contribution in [2.24, 2.45) is 0 Å². The van der Waals surface area contributed by atoms with Gasteiger partial charge in [0.15, 0.2) is 0 Å². The molecule has 47 heavy (non-hydrogen) atoms. The van der Waals surface area contributed by atoms with Gasteiger partial charge < -0.3 is 24.3 Å². The molecule has 0 spiro atoms. The normalized spacial score (nSPS) is 12.4. The van der Waals surface area contributed by atoms with Crippen molar-refractivity contribution in [3.05, 3.63) is 151 Å². The van der Waals surface area contributed by atoms with Crippen LogP contribution in [0.1, 0.15) is 42.5 Å². The number of benzene rings is 4. The van der Waals surface area contributed by atoms with Gasteiger partial charge in [-0.15, -0.1) is 18.4 Å². The third-order valence-corrected chi connectivity index (χ3v) is 6.66. The van der Waals surface area contributed by atoms with Gasteiger partial charge in [0.2, 0.25) is 0 Å². The number of halogens is 4. The average molecular weight is 822 g/mol. The van der Waals surface area contributed by atoms with Gasteiger partial charge in [0.25, 0.3) is 0 Å². The Hall–Kier alpha value is -4.01. The number of hydrogen-bond donors (Lipinski definition) is 0. The summed E-state index contributed by atoms with van der Waals surface area (Å²) in [7, 11) is -3.67. The summed E-state index contributed by atoms with van der Waals surface area (Å²) in [5.41, 5.74) is 9.77. The predicted octanol–water partition coefficient (Wildman–Crippen LogP) is 7.38. The summed E-state index contributed by atoms with van der Waals surface area (Å²) in [4.78, 5) is 8.67. The molecule has 4 nitrogen and oxygen atoms in total. The van der Waals surface area contributed by atoms with E-state index in [2.05, 4.69) is 177 Å². The molecule has 6 rings (SSSR count). The quantitative estimate of drug-likeness (QED) is 0.121. The molecule has 2 aliphatic heterocycles. The third-order valence-electron chi connectivity index (χ3n) is 6.66. The van der Waals surface area contributed by atoms with Gasteiger partial charge in [-0.2, -0.15) is 23.8 Å². The first-order valence-corrected chi connectivity index (χ1v) is 15.0. The maximum absolute atomic E-state index is 9.67. The fraction of sp³-hybridized carbons (Fsp3) is 0.216. The van der Waals surface area contributed by atoms with Gasteiger partial charge in [0.1, 0.15) is 0 Å². The van der Waals surface area contributed by atoms with Crippen LogP contribution >= 0.6 is 0 Å². The van der Waals surface area contributed by atoms with E-state index in [0.29, 0.717) is 0 Å². The first-order valence-electron chi connectivity index (χ1n) is 15.0. The van der Waals surface area contributed by atoms with Gasteiger partial charge in [-0.05, 0) is 69.6 Å². The van der Waals surface area contributed by atoms with Crippen molar-refractivity contribution in [1.29, 1.82) is 0 Å². The van der Waals surface area contributed by atoms with Gasteiger partial charge in [0, 0.05) is 49.6 Å². The molecule has 10 heteroatoms. The Bertz CT molecular complexity index is 1260. The van der Waals surface area contributed by atoms with Crippen LogP contribution in [0.4, 0.5) is 35.7 Å². The maximum atomic E-state index is 9.67. The molecular weight excluding hydrogens is 779 g/mol. The standard InChI is InChI=1S/C17H18N2.C17H16N2.C3H8.BF3.FH.Ir/c2*1-14-3-7-16(8-4-14)18-11-12-19(13-18)17-9-5-15(2)6-10-17;1-3-2;2-1(3)4;;/h3-12H,13H2,1-2H3;3-9,11-13H,1-2H3;3H2,1-2H3;;1H;/q;-2;;;;/p-1. The van der Waals surface area contributed by atoms with E-state index in [1.807, 2.05) is 12.3 Å². The number of rotatable bonds is 4. The molecule has 0 aromatic heterocycles. The van der Waals surface area contributed by atoms with E-state index in [9.17, 15) is 12.9 Å². The number of hydrogen-bond acceptors (Lipinski definition) is 4. The van der Waals surface area contributed by atoms with E-state index in [1.165, 1.54) is 40.0 Å². The van der Waals surface area contributed by atoms with E-state index < -0.39 is 7.54 Å². The van der Waals surface area contributed by atoms with Gasteiger partial charge in [-0.3, -0.25) is 12.9 Å². The second-order valence-corrected chi connectivity index (χ2v) is 10.8. The van der Waals surface area contributed by atoms with E-state index in [0.717, 1.165) is 18.0 Å². The Morgan fingerprint density at radius 2 is 0.957 bits per heavy atom. The van der Waals surface area contributed by atoms with Gasteiger partial charge >= 0.3 is 7.54 Å². The summed E-state index contributed by atoms with van der Waals surface area (Å²) in [6.45, 7) is 15.6. The van der Waals surface area contributed by atoms with Crippen LogP contribution in [0.5, 0.6) is 0 Å². The van der Waals surface area contributed by atoms with Crippen LogP contribution in [0.2, 0.25) is 0 Å². The smallest absolute Gasteiger partial charge is 0.762 e. The summed E-state index contributed by atoms with van der Waals surface area (Å²) >= 11 is 0. The SMILES string of the molecule is CCC.Cc1c[c-]c(N2C=CN(c3ccc(C)cc3)[CH-]2)cc1.Cc1ccc(N2C=CN(c3ccc(C)cc3)C2)cc1.FB(F)F.[F-].[Ir]. The molecule has 0 fully saturated rings. The zero-order valence-electron chi connectivity index (χ0n) is 27.7. The third kappa shape index (κ3) is 13.7. The van der Waals surface area contributed by atoms with Crippen LogP contribution < -0.4 is 24.3 Å². The predicted molar refractivity (Wildman–Crippen MR) is 186 cm³/mol. The molecule has 2 aliphatic rings. The molecule has 0 saturated carbocycles. The molecule has 2 heterocycles. The molecule has 4 aromatic carbocycles. The van der Waals surface area contributed by atoms with Gasteiger partial charge in [-0.25, -0.2) is 0 Å². The van der Waals surface area contributed by atoms with E-state index in [4.69, 9.17) is 0 Å². The Labute approximate surface area is 292 Å². The first kappa shape index (κ1) is 41.0.